The maximum atomic E-state index is 12.4. The summed E-state index contributed by atoms with van der Waals surface area (Å²) in [5, 5.41) is 2.96. The molecule has 5 nitrogen and oxygen atoms in total. The lowest BCUT2D eigenvalue weighted by Crippen LogP contribution is -2.29. The molecule has 1 aliphatic carbocycles. The van der Waals surface area contributed by atoms with Gasteiger partial charge in [-0.05, 0) is 56.0 Å². The van der Waals surface area contributed by atoms with Gasteiger partial charge in [-0.2, -0.15) is 0 Å². The summed E-state index contributed by atoms with van der Waals surface area (Å²) in [6.45, 7) is 2.44. The predicted octanol–water partition coefficient (Wildman–Crippen LogP) is 2.43. The summed E-state index contributed by atoms with van der Waals surface area (Å²) < 4.78 is 0. The fourth-order valence-electron chi connectivity index (χ4n) is 3.12. The Morgan fingerprint density at radius 2 is 2.00 bits per heavy atom. The van der Waals surface area contributed by atoms with Crippen molar-refractivity contribution in [2.24, 2.45) is 17.6 Å². The van der Waals surface area contributed by atoms with Crippen LogP contribution >= 0.6 is 12.4 Å². The van der Waals surface area contributed by atoms with Crippen molar-refractivity contribution >= 4 is 29.9 Å². The van der Waals surface area contributed by atoms with Crippen molar-refractivity contribution < 1.29 is 9.59 Å². The topological polar surface area (TPSA) is 75.4 Å². The van der Waals surface area contributed by atoms with Crippen LogP contribution in [0.4, 0.5) is 5.69 Å². The summed E-state index contributed by atoms with van der Waals surface area (Å²) in [4.78, 5) is 25.9. The number of hydrogen-bond donors (Lipinski definition) is 2. The van der Waals surface area contributed by atoms with Crippen LogP contribution in [-0.4, -0.2) is 37.4 Å². The Morgan fingerprint density at radius 3 is 2.57 bits per heavy atom. The van der Waals surface area contributed by atoms with E-state index in [1.807, 2.05) is 13.0 Å². The molecule has 2 amide bonds. The third-order valence-corrected chi connectivity index (χ3v) is 4.43. The molecule has 1 aliphatic rings. The summed E-state index contributed by atoms with van der Waals surface area (Å²) in [6.07, 6.45) is 3.00. The molecule has 2 rings (SSSR count). The number of nitrogens with zero attached hydrogens (tertiary/aromatic N) is 1. The minimum atomic E-state index is -0.0330. The lowest BCUT2D eigenvalue weighted by Gasteiger charge is -2.18. The number of hydrogen-bond acceptors (Lipinski definition) is 3. The van der Waals surface area contributed by atoms with Crippen molar-refractivity contribution in [3.05, 3.63) is 29.3 Å². The number of benzene rings is 1. The molecular formula is C17H26ClN3O2. The number of nitrogens with two attached hydrogens (primary N) is 1. The Bertz CT molecular complexity index is 575. The van der Waals surface area contributed by atoms with Gasteiger partial charge >= 0.3 is 0 Å². The van der Waals surface area contributed by atoms with E-state index in [0.29, 0.717) is 12.1 Å². The Kier molecular flexibility index (Phi) is 7.03. The van der Waals surface area contributed by atoms with Crippen LogP contribution in [0, 0.1) is 18.8 Å². The van der Waals surface area contributed by atoms with Gasteiger partial charge < -0.3 is 16.0 Å². The number of anilines is 1. The Morgan fingerprint density at radius 1 is 1.30 bits per heavy atom. The van der Waals surface area contributed by atoms with Crippen molar-refractivity contribution in [3.63, 3.8) is 0 Å². The third-order valence-electron chi connectivity index (χ3n) is 4.43. The van der Waals surface area contributed by atoms with Crippen LogP contribution in [0.2, 0.25) is 0 Å². The van der Waals surface area contributed by atoms with Gasteiger partial charge in [-0.15, -0.1) is 12.4 Å². The fourth-order valence-corrected chi connectivity index (χ4v) is 3.12. The highest BCUT2D eigenvalue weighted by atomic mass is 35.5. The number of nitrogens with one attached hydrogen (secondary N) is 1. The van der Waals surface area contributed by atoms with Gasteiger partial charge in [0.05, 0.1) is 0 Å². The maximum absolute atomic E-state index is 12.4. The lowest BCUT2D eigenvalue weighted by atomic mass is 9.95. The Labute approximate surface area is 144 Å². The highest BCUT2D eigenvalue weighted by Gasteiger charge is 2.31. The quantitative estimate of drug-likeness (QED) is 0.884. The molecule has 1 aromatic rings. The summed E-state index contributed by atoms with van der Waals surface area (Å²) in [7, 11) is 3.45. The molecule has 1 fully saturated rings. The molecule has 0 spiro atoms. The van der Waals surface area contributed by atoms with Crippen LogP contribution in [0.1, 0.15) is 35.2 Å². The number of rotatable bonds is 4. The fraction of sp³-hybridized carbons (Fsp3) is 0.529. The van der Waals surface area contributed by atoms with Gasteiger partial charge in [0.2, 0.25) is 5.91 Å². The average molecular weight is 340 g/mol. The Hall–Kier alpha value is -1.59. The molecular weight excluding hydrogens is 314 g/mol. The second kappa shape index (κ2) is 8.31. The van der Waals surface area contributed by atoms with Crippen molar-refractivity contribution in [1.82, 2.24) is 4.90 Å². The van der Waals surface area contributed by atoms with E-state index < -0.39 is 0 Å². The zero-order chi connectivity index (χ0) is 16.3. The summed E-state index contributed by atoms with van der Waals surface area (Å²) in [6, 6.07) is 5.40. The van der Waals surface area contributed by atoms with Crippen molar-refractivity contribution in [3.8, 4) is 0 Å². The molecule has 0 radical (unpaired) electrons. The number of carbonyl (C=O) groups is 2. The largest absolute Gasteiger partial charge is 0.345 e. The highest BCUT2D eigenvalue weighted by molar-refractivity contribution is 5.97. The van der Waals surface area contributed by atoms with Crippen LogP contribution in [0.25, 0.3) is 0 Å². The van der Waals surface area contributed by atoms with E-state index in [-0.39, 0.29) is 36.1 Å². The van der Waals surface area contributed by atoms with E-state index in [1.54, 1.807) is 31.1 Å². The molecule has 1 saturated carbocycles. The summed E-state index contributed by atoms with van der Waals surface area (Å²) in [5.41, 5.74) is 7.99. The van der Waals surface area contributed by atoms with Gasteiger partial charge in [0.1, 0.15) is 0 Å². The third kappa shape index (κ3) is 4.45. The first-order valence-corrected chi connectivity index (χ1v) is 7.77. The van der Waals surface area contributed by atoms with Gasteiger partial charge in [-0.3, -0.25) is 9.59 Å². The molecule has 0 aromatic heterocycles. The summed E-state index contributed by atoms with van der Waals surface area (Å²) >= 11 is 0. The molecule has 3 N–H and O–H groups in total. The molecule has 0 heterocycles. The number of halogens is 1. The van der Waals surface area contributed by atoms with Crippen molar-refractivity contribution in [2.75, 3.05) is 26.0 Å². The molecule has 0 bridgehead atoms. The second-order valence-electron chi connectivity index (χ2n) is 6.25. The standard InChI is InChI=1S/C17H25N3O2.ClH/c1-11-9-13(7-8-14(11)17(22)20(2)3)19-16(21)15-6-4-5-12(15)10-18;/h7-9,12,15H,4-6,10,18H2,1-3H3,(H,19,21);1H/t12-,15-;/m1./s1. The first-order valence-electron chi connectivity index (χ1n) is 7.77. The van der Waals surface area contributed by atoms with E-state index in [2.05, 4.69) is 5.32 Å². The molecule has 0 saturated heterocycles. The number of carbonyl (C=O) groups excluding carboxylic acids is 2. The van der Waals surface area contributed by atoms with Gasteiger partial charge in [0.25, 0.3) is 5.91 Å². The smallest absolute Gasteiger partial charge is 0.253 e. The molecule has 0 aliphatic heterocycles. The normalized spacial score (nSPS) is 19.8. The molecule has 1 aromatic carbocycles. The maximum Gasteiger partial charge on any atom is 0.253 e. The first kappa shape index (κ1) is 19.5. The van der Waals surface area contributed by atoms with Crippen LogP contribution in [0.5, 0.6) is 0 Å². The van der Waals surface area contributed by atoms with E-state index in [0.717, 1.165) is 30.5 Å². The van der Waals surface area contributed by atoms with E-state index in [1.165, 1.54) is 0 Å². The van der Waals surface area contributed by atoms with E-state index >= 15 is 0 Å². The van der Waals surface area contributed by atoms with Gasteiger partial charge in [-0.1, -0.05) is 6.42 Å². The lowest BCUT2D eigenvalue weighted by molar-refractivity contribution is -0.120. The minimum Gasteiger partial charge on any atom is -0.345 e. The van der Waals surface area contributed by atoms with E-state index in [4.69, 9.17) is 5.73 Å². The zero-order valence-electron chi connectivity index (χ0n) is 14.0. The monoisotopic (exact) mass is 339 g/mol. The minimum absolute atomic E-state index is 0. The number of aryl methyl sites for hydroxylation is 1. The Balaban J connectivity index is 0.00000264. The molecule has 6 heteroatoms. The summed E-state index contributed by atoms with van der Waals surface area (Å²) in [5.74, 6) is 0.303. The van der Waals surface area contributed by atoms with Gasteiger partial charge in [0, 0.05) is 31.3 Å². The molecule has 2 atom stereocenters. The van der Waals surface area contributed by atoms with E-state index in [9.17, 15) is 9.59 Å². The average Bonchev–Trinajstić information content (AvgIpc) is 2.95. The second-order valence-corrected chi connectivity index (χ2v) is 6.25. The molecule has 128 valence electrons. The van der Waals surface area contributed by atoms with Crippen LogP contribution in [0.15, 0.2) is 18.2 Å². The van der Waals surface area contributed by atoms with Crippen molar-refractivity contribution in [2.45, 2.75) is 26.2 Å². The van der Waals surface area contributed by atoms with Gasteiger partial charge in [-0.25, -0.2) is 0 Å². The number of amides is 2. The zero-order valence-corrected chi connectivity index (χ0v) is 14.8. The SMILES string of the molecule is Cc1cc(NC(=O)[C@@H]2CCC[C@@H]2CN)ccc1C(=O)N(C)C.Cl. The van der Waals surface area contributed by atoms with Crippen LogP contribution in [-0.2, 0) is 4.79 Å². The predicted molar refractivity (Wildman–Crippen MR) is 95.0 cm³/mol. The van der Waals surface area contributed by atoms with Crippen LogP contribution in [0.3, 0.4) is 0 Å². The highest BCUT2D eigenvalue weighted by Crippen LogP contribution is 2.32. The molecule has 23 heavy (non-hydrogen) atoms. The first-order chi connectivity index (χ1) is 10.4. The van der Waals surface area contributed by atoms with Crippen molar-refractivity contribution in [1.29, 1.82) is 0 Å². The van der Waals surface area contributed by atoms with Gasteiger partial charge in [0.15, 0.2) is 0 Å². The van der Waals surface area contributed by atoms with Crippen LogP contribution < -0.4 is 11.1 Å². The molecule has 0 unspecified atom stereocenters.